The minimum atomic E-state index is 0.802. The summed E-state index contributed by atoms with van der Waals surface area (Å²) in [6.45, 7) is 3.29. The number of hydrazine groups is 1. The third kappa shape index (κ3) is 2.30. The van der Waals surface area contributed by atoms with Crippen LogP contribution in [0.5, 0.6) is 0 Å². The van der Waals surface area contributed by atoms with Crippen molar-refractivity contribution in [1.82, 2.24) is 10.7 Å². The summed E-state index contributed by atoms with van der Waals surface area (Å²) in [6, 6.07) is 0. The maximum Gasteiger partial charge on any atom is 0.0127 e. The number of rotatable bonds is 2. The first-order chi connectivity index (χ1) is 4.43. The van der Waals surface area contributed by atoms with Crippen LogP contribution in [-0.4, -0.2) is 19.6 Å². The minimum Gasteiger partial charge on any atom is -0.317 e. The largest absolute Gasteiger partial charge is 0.317 e. The van der Waals surface area contributed by atoms with E-state index >= 15 is 0 Å². The van der Waals surface area contributed by atoms with Crippen molar-refractivity contribution in [3.63, 3.8) is 0 Å². The second-order valence-corrected chi connectivity index (χ2v) is 2.60. The van der Waals surface area contributed by atoms with Gasteiger partial charge >= 0.3 is 0 Å². The Morgan fingerprint density at radius 1 is 1.44 bits per heavy atom. The Kier molecular flexibility index (Phi) is 2.97. The van der Waals surface area contributed by atoms with Crippen molar-refractivity contribution < 1.29 is 0 Å². The van der Waals surface area contributed by atoms with Crippen LogP contribution in [0.15, 0.2) is 0 Å². The van der Waals surface area contributed by atoms with E-state index in [1.54, 1.807) is 0 Å². The zero-order valence-electron chi connectivity index (χ0n) is 5.69. The Hall–Kier alpha value is -0.120. The van der Waals surface area contributed by atoms with Gasteiger partial charge in [-0.25, -0.2) is 0 Å². The van der Waals surface area contributed by atoms with Gasteiger partial charge < -0.3 is 5.32 Å². The Balaban J connectivity index is 2.08. The summed E-state index contributed by atoms with van der Waals surface area (Å²) in [7, 11) is 0. The second kappa shape index (κ2) is 3.82. The van der Waals surface area contributed by atoms with Gasteiger partial charge in [0.1, 0.15) is 0 Å². The molecule has 0 amide bonds. The molecule has 0 radical (unpaired) electrons. The lowest BCUT2D eigenvalue weighted by Crippen LogP contribution is -2.36. The molecule has 0 aromatic heterocycles. The molecule has 1 saturated heterocycles. The third-order valence-electron chi connectivity index (χ3n) is 1.87. The van der Waals surface area contributed by atoms with Gasteiger partial charge in [-0.1, -0.05) is 0 Å². The molecule has 1 aliphatic rings. The van der Waals surface area contributed by atoms with Crippen molar-refractivity contribution in [2.24, 2.45) is 11.8 Å². The van der Waals surface area contributed by atoms with Gasteiger partial charge in [0, 0.05) is 6.54 Å². The highest BCUT2D eigenvalue weighted by Gasteiger charge is 2.10. The summed E-state index contributed by atoms with van der Waals surface area (Å²) in [4.78, 5) is 0. The number of piperidine rings is 1. The lowest BCUT2D eigenvalue weighted by atomic mass is 9.99. The second-order valence-electron chi connectivity index (χ2n) is 2.60. The summed E-state index contributed by atoms with van der Waals surface area (Å²) in [6.07, 6.45) is 2.54. The van der Waals surface area contributed by atoms with Gasteiger partial charge in [-0.3, -0.25) is 11.3 Å². The van der Waals surface area contributed by atoms with Gasteiger partial charge in [0.2, 0.25) is 0 Å². The molecule has 1 fully saturated rings. The maximum absolute atomic E-state index is 5.19. The molecule has 1 aliphatic heterocycles. The fourth-order valence-corrected chi connectivity index (χ4v) is 1.25. The number of hydrogen-bond donors (Lipinski definition) is 3. The van der Waals surface area contributed by atoms with E-state index in [1.165, 1.54) is 12.8 Å². The number of hydrogen-bond acceptors (Lipinski definition) is 3. The van der Waals surface area contributed by atoms with Crippen molar-refractivity contribution in [1.29, 1.82) is 0 Å². The molecular formula is C6H15N3. The normalized spacial score (nSPS) is 22.3. The van der Waals surface area contributed by atoms with Crippen LogP contribution in [0.2, 0.25) is 0 Å². The van der Waals surface area contributed by atoms with Crippen LogP contribution >= 0.6 is 0 Å². The van der Waals surface area contributed by atoms with Crippen LogP contribution in [0.25, 0.3) is 0 Å². The van der Waals surface area contributed by atoms with Gasteiger partial charge in [-0.2, -0.15) is 0 Å². The molecule has 0 aliphatic carbocycles. The summed E-state index contributed by atoms with van der Waals surface area (Å²) in [5.41, 5.74) is 2.71. The standard InChI is InChI=1S/C6H15N3/c7-9-5-6-1-3-8-4-2-6/h6,8-9H,1-5,7H2. The fourth-order valence-electron chi connectivity index (χ4n) is 1.25. The molecule has 0 aromatic rings. The van der Waals surface area contributed by atoms with Crippen LogP contribution in [0.3, 0.4) is 0 Å². The van der Waals surface area contributed by atoms with E-state index in [2.05, 4.69) is 10.7 Å². The molecule has 0 aromatic carbocycles. The predicted octanol–water partition coefficient (Wildman–Crippen LogP) is -0.551. The Morgan fingerprint density at radius 2 is 2.11 bits per heavy atom. The summed E-state index contributed by atoms with van der Waals surface area (Å²) in [5.74, 6) is 5.99. The van der Waals surface area contributed by atoms with Gasteiger partial charge in [-0.15, -0.1) is 0 Å². The summed E-state index contributed by atoms with van der Waals surface area (Å²) in [5, 5.41) is 3.30. The van der Waals surface area contributed by atoms with Crippen LogP contribution in [0.1, 0.15) is 12.8 Å². The van der Waals surface area contributed by atoms with Crippen LogP contribution in [0.4, 0.5) is 0 Å². The highest BCUT2D eigenvalue weighted by molar-refractivity contribution is 4.68. The molecule has 1 rings (SSSR count). The lowest BCUT2D eigenvalue weighted by Gasteiger charge is -2.21. The summed E-state index contributed by atoms with van der Waals surface area (Å²) >= 11 is 0. The average molecular weight is 129 g/mol. The zero-order chi connectivity index (χ0) is 6.53. The Bertz CT molecular complexity index is 65.9. The molecule has 0 spiro atoms. The fraction of sp³-hybridized carbons (Fsp3) is 1.00. The van der Waals surface area contributed by atoms with Crippen molar-refractivity contribution in [2.45, 2.75) is 12.8 Å². The topological polar surface area (TPSA) is 50.1 Å². The molecule has 0 atom stereocenters. The quantitative estimate of drug-likeness (QED) is 0.346. The monoisotopic (exact) mass is 129 g/mol. The van der Waals surface area contributed by atoms with Crippen molar-refractivity contribution in [3.05, 3.63) is 0 Å². The average Bonchev–Trinajstić information content (AvgIpc) is 1.91. The van der Waals surface area contributed by atoms with Gasteiger partial charge in [-0.05, 0) is 31.8 Å². The zero-order valence-corrected chi connectivity index (χ0v) is 5.69. The van der Waals surface area contributed by atoms with Crippen molar-refractivity contribution in [3.8, 4) is 0 Å². The maximum atomic E-state index is 5.19. The Labute approximate surface area is 56.0 Å². The first-order valence-electron chi connectivity index (χ1n) is 3.57. The minimum absolute atomic E-state index is 0.802. The van der Waals surface area contributed by atoms with Gasteiger partial charge in [0.25, 0.3) is 0 Å². The van der Waals surface area contributed by atoms with E-state index in [0.29, 0.717) is 0 Å². The Morgan fingerprint density at radius 3 is 2.67 bits per heavy atom. The number of nitrogens with one attached hydrogen (secondary N) is 2. The van der Waals surface area contributed by atoms with E-state index in [4.69, 9.17) is 5.84 Å². The van der Waals surface area contributed by atoms with E-state index in [9.17, 15) is 0 Å². The van der Waals surface area contributed by atoms with E-state index < -0.39 is 0 Å². The lowest BCUT2D eigenvalue weighted by molar-refractivity contribution is 0.359. The van der Waals surface area contributed by atoms with E-state index in [-0.39, 0.29) is 0 Å². The van der Waals surface area contributed by atoms with Crippen molar-refractivity contribution in [2.75, 3.05) is 19.6 Å². The van der Waals surface area contributed by atoms with Crippen LogP contribution in [0, 0.1) is 5.92 Å². The van der Waals surface area contributed by atoms with Crippen LogP contribution in [-0.2, 0) is 0 Å². The highest BCUT2D eigenvalue weighted by atomic mass is 15.2. The molecular weight excluding hydrogens is 114 g/mol. The highest BCUT2D eigenvalue weighted by Crippen LogP contribution is 2.08. The molecule has 9 heavy (non-hydrogen) atoms. The third-order valence-corrected chi connectivity index (χ3v) is 1.87. The molecule has 0 unspecified atom stereocenters. The van der Waals surface area contributed by atoms with Crippen LogP contribution < -0.4 is 16.6 Å². The van der Waals surface area contributed by atoms with E-state index in [0.717, 1.165) is 25.6 Å². The molecule has 3 heteroatoms. The molecule has 4 N–H and O–H groups in total. The van der Waals surface area contributed by atoms with Gasteiger partial charge in [0.15, 0.2) is 0 Å². The predicted molar refractivity (Wildman–Crippen MR) is 37.8 cm³/mol. The number of nitrogens with two attached hydrogens (primary N) is 1. The molecule has 0 saturated carbocycles. The molecule has 54 valence electrons. The first-order valence-corrected chi connectivity index (χ1v) is 3.57. The first kappa shape index (κ1) is 6.99. The van der Waals surface area contributed by atoms with Crippen molar-refractivity contribution >= 4 is 0 Å². The SMILES string of the molecule is NNCC1CCNCC1. The molecule has 1 heterocycles. The molecule has 0 bridgehead atoms. The smallest absolute Gasteiger partial charge is 0.0127 e. The van der Waals surface area contributed by atoms with Gasteiger partial charge in [0.05, 0.1) is 0 Å². The molecule has 3 nitrogen and oxygen atoms in total. The summed E-state index contributed by atoms with van der Waals surface area (Å²) < 4.78 is 0. The van der Waals surface area contributed by atoms with E-state index in [1.807, 2.05) is 0 Å².